The van der Waals surface area contributed by atoms with E-state index >= 15 is 0 Å². The molecule has 0 saturated carbocycles. The zero-order valence-corrected chi connectivity index (χ0v) is 15.0. The van der Waals surface area contributed by atoms with Crippen LogP contribution in [0.15, 0.2) is 17.3 Å². The normalized spacial score (nSPS) is 30.6. The molecule has 3 heterocycles. The Bertz CT molecular complexity index is 766. The molecule has 0 unspecified atom stereocenters. The third kappa shape index (κ3) is 2.52. The number of carbonyl (C=O) groups is 1. The Labute approximate surface area is 146 Å². The Morgan fingerprint density at radius 1 is 1.44 bits per heavy atom. The Balaban J connectivity index is 2.29. The molecular formula is C15H22N4O5S. The average molecular weight is 370 g/mol. The Kier molecular flexibility index (Phi) is 3.90. The molecule has 0 aromatic carbocycles. The van der Waals surface area contributed by atoms with Gasteiger partial charge in [-0.1, -0.05) is 0 Å². The molecule has 1 aromatic heterocycles. The average Bonchev–Trinajstić information content (AvgIpc) is 2.63. The molecule has 9 nitrogen and oxygen atoms in total. The molecule has 10 heteroatoms. The van der Waals surface area contributed by atoms with Gasteiger partial charge in [-0.25, -0.2) is 9.78 Å². The number of ether oxygens (including phenoxy) is 1. The van der Waals surface area contributed by atoms with Crippen LogP contribution >= 0.6 is 10.6 Å². The second kappa shape index (κ2) is 5.48. The fourth-order valence-electron chi connectivity index (χ4n) is 3.42. The second-order valence-corrected chi connectivity index (χ2v) is 9.66. The Hall–Kier alpha value is -2.04. The van der Waals surface area contributed by atoms with E-state index in [0.717, 1.165) is 0 Å². The van der Waals surface area contributed by atoms with E-state index in [1.54, 1.807) is 26.8 Å². The van der Waals surface area contributed by atoms with Crippen LogP contribution in [0.4, 0.5) is 10.5 Å². The molecule has 0 radical (unpaired) electrons. The number of nitrogens with two attached hydrogens (primary N) is 1. The van der Waals surface area contributed by atoms with Crippen LogP contribution in [-0.4, -0.2) is 47.7 Å². The highest BCUT2D eigenvalue weighted by Crippen LogP contribution is 2.66. The minimum Gasteiger partial charge on any atom is -0.477 e. The summed E-state index contributed by atoms with van der Waals surface area (Å²) in [5, 5.41) is 10.7. The zero-order chi connectivity index (χ0) is 18.6. The highest BCUT2D eigenvalue weighted by Gasteiger charge is 2.58. The number of nitrogen functional groups attached to an aromatic ring is 1. The monoisotopic (exact) mass is 370 g/mol. The molecule has 0 spiro atoms. The number of fused-ring (bicyclic) bond motifs is 3. The van der Waals surface area contributed by atoms with Gasteiger partial charge < -0.3 is 15.6 Å². The van der Waals surface area contributed by atoms with Crippen molar-refractivity contribution in [3.8, 4) is 5.88 Å². The fourth-order valence-corrected chi connectivity index (χ4v) is 5.76. The second-order valence-electron chi connectivity index (χ2n) is 6.89. The van der Waals surface area contributed by atoms with E-state index in [0.29, 0.717) is 23.6 Å². The van der Waals surface area contributed by atoms with Gasteiger partial charge in [0.1, 0.15) is 16.1 Å². The molecule has 6 N–H and O–H groups in total. The van der Waals surface area contributed by atoms with Crippen molar-refractivity contribution in [1.29, 1.82) is 0 Å². The third-order valence-electron chi connectivity index (χ3n) is 4.95. The predicted octanol–water partition coefficient (Wildman–Crippen LogP) is 2.24. The number of rotatable bonds is 0. The van der Waals surface area contributed by atoms with Crippen molar-refractivity contribution in [2.75, 3.05) is 12.3 Å². The van der Waals surface area contributed by atoms with Gasteiger partial charge >= 0.3 is 6.09 Å². The Morgan fingerprint density at radius 3 is 2.76 bits per heavy atom. The number of nitrogens with zero attached hydrogens (tertiary/aromatic N) is 2. The van der Waals surface area contributed by atoms with Crippen molar-refractivity contribution in [1.82, 2.24) is 10.3 Å². The number of hydrogen-bond acceptors (Lipinski definition) is 7. The summed E-state index contributed by atoms with van der Waals surface area (Å²) in [6.45, 7) is 5.11. The third-order valence-corrected chi connectivity index (χ3v) is 8.13. The SMILES string of the molecule is CC1(C)C(NC(=O)O)=N[C@]2(C)c3cc(N)cnc3OCC[C@H]2S1(O)O. The molecule has 3 rings (SSSR count). The van der Waals surface area contributed by atoms with Crippen molar-refractivity contribution in [2.24, 2.45) is 4.99 Å². The number of pyridine rings is 1. The van der Waals surface area contributed by atoms with Crippen molar-refractivity contribution in [3.05, 3.63) is 17.8 Å². The Morgan fingerprint density at radius 2 is 2.12 bits per heavy atom. The molecule has 2 aliphatic rings. The van der Waals surface area contributed by atoms with Crippen molar-refractivity contribution in [3.63, 3.8) is 0 Å². The number of hydrogen-bond donors (Lipinski definition) is 5. The maximum atomic E-state index is 11.2. The first-order valence-corrected chi connectivity index (χ1v) is 9.37. The molecule has 0 saturated heterocycles. The van der Waals surface area contributed by atoms with Crippen LogP contribution in [-0.2, 0) is 5.54 Å². The van der Waals surface area contributed by atoms with Gasteiger partial charge in [0.15, 0.2) is 0 Å². The molecule has 138 valence electrons. The lowest BCUT2D eigenvalue weighted by Gasteiger charge is -2.58. The van der Waals surface area contributed by atoms with E-state index in [-0.39, 0.29) is 12.4 Å². The number of anilines is 1. The standard InChI is InChI=1S/C15H22N4O5S/c1-14(2)12(18-13(20)21)19-15(3)9-6-8(16)7-17-11(9)24-5-4-10(15)25(14,22)23/h6-7,10,22-23H,4-5,16H2,1-3H3,(H,18,19)(H,20,21)/t10-,15-/m1/s1. The fraction of sp³-hybridized carbons (Fsp3) is 0.533. The number of aromatic nitrogens is 1. The van der Waals surface area contributed by atoms with Gasteiger partial charge in [-0.3, -0.25) is 19.4 Å². The minimum atomic E-state index is -3.30. The molecule has 25 heavy (non-hydrogen) atoms. The summed E-state index contributed by atoms with van der Waals surface area (Å²) < 4.78 is 26.6. The molecule has 2 aliphatic heterocycles. The molecular weight excluding hydrogens is 348 g/mol. The van der Waals surface area contributed by atoms with E-state index in [1.807, 2.05) is 0 Å². The highest BCUT2D eigenvalue weighted by molar-refractivity contribution is 8.26. The van der Waals surface area contributed by atoms with Gasteiger partial charge in [0, 0.05) is 12.0 Å². The predicted molar refractivity (Wildman–Crippen MR) is 95.4 cm³/mol. The molecule has 0 aliphatic carbocycles. The van der Waals surface area contributed by atoms with E-state index in [2.05, 4.69) is 15.3 Å². The van der Waals surface area contributed by atoms with Gasteiger partial charge in [0.05, 0.1) is 23.7 Å². The summed E-state index contributed by atoms with van der Waals surface area (Å²) in [5.74, 6) is 0.307. The summed E-state index contributed by atoms with van der Waals surface area (Å²) >= 11 is 0. The summed E-state index contributed by atoms with van der Waals surface area (Å²) in [7, 11) is -3.30. The first-order chi connectivity index (χ1) is 11.5. The lowest BCUT2D eigenvalue weighted by Crippen LogP contribution is -2.58. The van der Waals surface area contributed by atoms with E-state index in [9.17, 15) is 13.9 Å². The van der Waals surface area contributed by atoms with Gasteiger partial charge in [0.25, 0.3) is 0 Å². The van der Waals surface area contributed by atoms with Gasteiger partial charge in [-0.05, 0) is 26.8 Å². The lowest BCUT2D eigenvalue weighted by atomic mass is 9.87. The van der Waals surface area contributed by atoms with Gasteiger partial charge in [-0.2, -0.15) is 10.6 Å². The van der Waals surface area contributed by atoms with E-state index < -0.39 is 32.2 Å². The molecule has 0 fully saturated rings. The van der Waals surface area contributed by atoms with Crippen LogP contribution in [0.1, 0.15) is 32.8 Å². The van der Waals surface area contributed by atoms with Crippen molar-refractivity contribution in [2.45, 2.75) is 42.7 Å². The number of nitrogens with one attached hydrogen (secondary N) is 1. The van der Waals surface area contributed by atoms with Crippen LogP contribution in [0.25, 0.3) is 0 Å². The maximum absolute atomic E-state index is 11.2. The summed E-state index contributed by atoms with van der Waals surface area (Å²) in [4.78, 5) is 20.0. The summed E-state index contributed by atoms with van der Waals surface area (Å²) in [6, 6.07) is 1.64. The minimum absolute atomic E-state index is 0.00553. The van der Waals surface area contributed by atoms with Gasteiger partial charge in [0.2, 0.25) is 5.88 Å². The van der Waals surface area contributed by atoms with Crippen LogP contribution in [0.2, 0.25) is 0 Å². The first kappa shape index (κ1) is 17.8. The topological polar surface area (TPSA) is 150 Å². The zero-order valence-electron chi connectivity index (χ0n) is 14.2. The number of carboxylic acid groups (broad SMARTS) is 1. The number of amides is 1. The lowest BCUT2D eigenvalue weighted by molar-refractivity contribution is 0.199. The number of amidine groups is 1. The molecule has 2 atom stereocenters. The molecule has 1 amide bonds. The summed E-state index contributed by atoms with van der Waals surface area (Å²) in [5.41, 5.74) is 5.61. The van der Waals surface area contributed by atoms with E-state index in [1.165, 1.54) is 6.20 Å². The van der Waals surface area contributed by atoms with Crippen LogP contribution in [0, 0.1) is 0 Å². The van der Waals surface area contributed by atoms with Gasteiger partial charge in [-0.15, -0.1) is 0 Å². The quantitative estimate of drug-likeness (QED) is 0.470. The maximum Gasteiger partial charge on any atom is 0.410 e. The molecule has 1 aromatic rings. The largest absolute Gasteiger partial charge is 0.477 e. The molecule has 0 bridgehead atoms. The number of aliphatic imine (C=N–C) groups is 1. The summed E-state index contributed by atoms with van der Waals surface area (Å²) in [6.07, 6.45) is 0.468. The first-order valence-electron chi connectivity index (χ1n) is 7.76. The van der Waals surface area contributed by atoms with Crippen LogP contribution < -0.4 is 15.8 Å². The van der Waals surface area contributed by atoms with E-state index in [4.69, 9.17) is 15.6 Å². The van der Waals surface area contributed by atoms with Crippen molar-refractivity contribution >= 4 is 28.2 Å². The van der Waals surface area contributed by atoms with Crippen LogP contribution in [0.3, 0.4) is 0 Å². The smallest absolute Gasteiger partial charge is 0.410 e. The van der Waals surface area contributed by atoms with Crippen molar-refractivity contribution < 1.29 is 23.7 Å². The van der Waals surface area contributed by atoms with Crippen LogP contribution in [0.5, 0.6) is 5.88 Å². The highest BCUT2D eigenvalue weighted by atomic mass is 32.3.